The molecule has 2 aromatic carbocycles. The van der Waals surface area contributed by atoms with Gasteiger partial charge in [0.25, 0.3) is 5.91 Å². The van der Waals surface area contributed by atoms with Crippen LogP contribution in [0.25, 0.3) is 0 Å². The molecule has 0 saturated carbocycles. The molecule has 2 aliphatic heterocycles. The van der Waals surface area contributed by atoms with Crippen molar-refractivity contribution in [3.05, 3.63) is 54.1 Å². The number of nitrogens with one attached hydrogen (secondary N) is 2. The minimum absolute atomic E-state index is 0.0886. The molecular formula is C21H23N3O4. The van der Waals surface area contributed by atoms with Crippen LogP contribution in [0.15, 0.2) is 53.5 Å². The normalized spacial score (nSPS) is 18.6. The van der Waals surface area contributed by atoms with Gasteiger partial charge in [0.15, 0.2) is 11.5 Å². The Kier molecular flexibility index (Phi) is 5.72. The maximum Gasteiger partial charge on any atom is 0.257 e. The van der Waals surface area contributed by atoms with Gasteiger partial charge in [0.2, 0.25) is 5.96 Å². The first-order valence-electron chi connectivity index (χ1n) is 9.47. The van der Waals surface area contributed by atoms with Gasteiger partial charge in [-0.1, -0.05) is 18.2 Å². The predicted octanol–water partition coefficient (Wildman–Crippen LogP) is 2.83. The highest BCUT2D eigenvalue weighted by molar-refractivity contribution is 6.10. The average Bonchev–Trinajstić information content (AvgIpc) is 3.26. The highest BCUT2D eigenvalue weighted by Gasteiger charge is 2.17. The molecule has 1 atom stereocenters. The third kappa shape index (κ3) is 4.61. The zero-order chi connectivity index (χ0) is 19.2. The molecule has 0 unspecified atom stereocenters. The van der Waals surface area contributed by atoms with Gasteiger partial charge in [-0.25, -0.2) is 4.99 Å². The largest absolute Gasteiger partial charge is 0.486 e. The molecule has 2 N–H and O–H groups in total. The molecule has 0 radical (unpaired) electrons. The lowest BCUT2D eigenvalue weighted by atomic mass is 10.2. The van der Waals surface area contributed by atoms with Crippen molar-refractivity contribution in [3.8, 4) is 11.5 Å². The predicted molar refractivity (Wildman–Crippen MR) is 106 cm³/mol. The van der Waals surface area contributed by atoms with E-state index in [2.05, 4.69) is 15.6 Å². The van der Waals surface area contributed by atoms with Crippen molar-refractivity contribution in [2.45, 2.75) is 18.9 Å². The Balaban J connectivity index is 1.50. The summed E-state index contributed by atoms with van der Waals surface area (Å²) in [4.78, 5) is 17.1. The lowest BCUT2D eigenvalue weighted by Crippen LogP contribution is -2.36. The number of hydrogen-bond donors (Lipinski definition) is 2. The number of benzene rings is 2. The van der Waals surface area contributed by atoms with E-state index in [1.807, 2.05) is 36.4 Å². The number of nitrogens with zero attached hydrogens (tertiary/aromatic N) is 1. The number of rotatable bonds is 4. The molecule has 2 aliphatic rings. The van der Waals surface area contributed by atoms with Gasteiger partial charge >= 0.3 is 0 Å². The van der Waals surface area contributed by atoms with Crippen LogP contribution in [0.3, 0.4) is 0 Å². The molecule has 1 saturated heterocycles. The number of amides is 1. The van der Waals surface area contributed by atoms with Crippen molar-refractivity contribution in [1.82, 2.24) is 5.32 Å². The van der Waals surface area contributed by atoms with Crippen molar-refractivity contribution >= 4 is 17.6 Å². The number of ether oxygens (including phenoxy) is 3. The molecular weight excluding hydrogens is 358 g/mol. The summed E-state index contributed by atoms with van der Waals surface area (Å²) in [6, 6.07) is 14.6. The van der Waals surface area contributed by atoms with Gasteiger partial charge in [0, 0.05) is 23.9 Å². The zero-order valence-corrected chi connectivity index (χ0v) is 15.5. The molecule has 0 aromatic heterocycles. The Morgan fingerprint density at radius 3 is 2.64 bits per heavy atom. The number of carbonyl (C=O) groups excluding carboxylic acids is 1. The fourth-order valence-corrected chi connectivity index (χ4v) is 3.12. The highest BCUT2D eigenvalue weighted by Crippen LogP contribution is 2.32. The van der Waals surface area contributed by atoms with Crippen molar-refractivity contribution in [3.63, 3.8) is 0 Å². The topological polar surface area (TPSA) is 81.2 Å². The Labute approximate surface area is 163 Å². The third-order valence-electron chi connectivity index (χ3n) is 4.55. The summed E-state index contributed by atoms with van der Waals surface area (Å²) in [5.74, 6) is 1.53. The Morgan fingerprint density at radius 1 is 1.04 bits per heavy atom. The molecule has 0 bridgehead atoms. The summed E-state index contributed by atoms with van der Waals surface area (Å²) in [5, 5.41) is 6.04. The summed E-state index contributed by atoms with van der Waals surface area (Å²) in [6.45, 7) is 2.31. The molecule has 4 rings (SSSR count). The SMILES string of the molecule is O=C(NC(=NC[C@H]1CCCO1)Nc1ccc2c(c1)OCCO2)c1ccccc1. The Hall–Kier alpha value is -3.06. The lowest BCUT2D eigenvalue weighted by molar-refractivity contribution is 0.0975. The van der Waals surface area contributed by atoms with Crippen LogP contribution in [0.5, 0.6) is 11.5 Å². The van der Waals surface area contributed by atoms with E-state index >= 15 is 0 Å². The molecule has 2 aromatic rings. The summed E-state index contributed by atoms with van der Waals surface area (Å²) in [5.41, 5.74) is 1.32. The van der Waals surface area contributed by atoms with Crippen molar-refractivity contribution in [2.75, 3.05) is 31.7 Å². The standard InChI is InChI=1S/C21H23N3O4/c25-20(15-5-2-1-3-6-15)24-21(22-14-17-7-4-10-26-17)23-16-8-9-18-19(13-16)28-12-11-27-18/h1-3,5-6,8-9,13,17H,4,7,10-12,14H2,(H2,22,23,24,25)/t17-/m1/s1. The minimum Gasteiger partial charge on any atom is -0.486 e. The van der Waals surface area contributed by atoms with Crippen LogP contribution in [-0.4, -0.2) is 44.3 Å². The molecule has 1 fully saturated rings. The van der Waals surface area contributed by atoms with E-state index in [0.29, 0.717) is 42.8 Å². The number of fused-ring (bicyclic) bond motifs is 1. The van der Waals surface area contributed by atoms with Crippen LogP contribution in [0.2, 0.25) is 0 Å². The van der Waals surface area contributed by atoms with Crippen LogP contribution in [0.1, 0.15) is 23.2 Å². The lowest BCUT2D eigenvalue weighted by Gasteiger charge is -2.19. The molecule has 2 heterocycles. The monoisotopic (exact) mass is 381 g/mol. The van der Waals surface area contributed by atoms with Gasteiger partial charge in [0.1, 0.15) is 13.2 Å². The molecule has 146 valence electrons. The van der Waals surface area contributed by atoms with Gasteiger partial charge in [-0.3, -0.25) is 10.1 Å². The molecule has 0 aliphatic carbocycles. The quantitative estimate of drug-likeness (QED) is 0.629. The van der Waals surface area contributed by atoms with Crippen LogP contribution in [0, 0.1) is 0 Å². The van der Waals surface area contributed by atoms with Gasteiger partial charge in [0.05, 0.1) is 12.6 Å². The maximum absolute atomic E-state index is 12.6. The van der Waals surface area contributed by atoms with E-state index in [9.17, 15) is 4.79 Å². The van der Waals surface area contributed by atoms with E-state index < -0.39 is 0 Å². The molecule has 28 heavy (non-hydrogen) atoms. The van der Waals surface area contributed by atoms with Crippen molar-refractivity contribution < 1.29 is 19.0 Å². The molecule has 0 spiro atoms. The zero-order valence-electron chi connectivity index (χ0n) is 15.5. The van der Waals surface area contributed by atoms with Crippen LogP contribution in [0.4, 0.5) is 5.69 Å². The van der Waals surface area contributed by atoms with Gasteiger partial charge < -0.3 is 19.5 Å². The highest BCUT2D eigenvalue weighted by atomic mass is 16.6. The van der Waals surface area contributed by atoms with E-state index in [1.165, 1.54) is 0 Å². The first kappa shape index (κ1) is 18.3. The summed E-state index contributed by atoms with van der Waals surface area (Å²) in [6.07, 6.45) is 2.11. The number of aliphatic imine (C=N–C) groups is 1. The number of anilines is 1. The third-order valence-corrected chi connectivity index (χ3v) is 4.55. The Bertz CT molecular complexity index is 848. The van der Waals surface area contributed by atoms with E-state index in [1.54, 1.807) is 12.1 Å². The maximum atomic E-state index is 12.6. The first-order valence-corrected chi connectivity index (χ1v) is 9.47. The molecule has 7 nitrogen and oxygen atoms in total. The second kappa shape index (κ2) is 8.75. The fraction of sp³-hybridized carbons (Fsp3) is 0.333. The number of carbonyl (C=O) groups is 1. The van der Waals surface area contributed by atoms with Crippen LogP contribution >= 0.6 is 0 Å². The minimum atomic E-state index is -0.225. The van der Waals surface area contributed by atoms with Crippen LogP contribution in [-0.2, 0) is 4.74 Å². The van der Waals surface area contributed by atoms with E-state index in [4.69, 9.17) is 14.2 Å². The van der Waals surface area contributed by atoms with E-state index in [0.717, 1.165) is 25.1 Å². The first-order chi connectivity index (χ1) is 13.8. The number of guanidine groups is 1. The van der Waals surface area contributed by atoms with Gasteiger partial charge in [-0.15, -0.1) is 0 Å². The van der Waals surface area contributed by atoms with E-state index in [-0.39, 0.29) is 12.0 Å². The smallest absolute Gasteiger partial charge is 0.257 e. The second-order valence-corrected chi connectivity index (χ2v) is 6.63. The molecule has 1 amide bonds. The Morgan fingerprint density at radius 2 is 1.86 bits per heavy atom. The summed E-state index contributed by atoms with van der Waals surface area (Å²) >= 11 is 0. The van der Waals surface area contributed by atoms with Crippen LogP contribution < -0.4 is 20.1 Å². The second-order valence-electron chi connectivity index (χ2n) is 6.63. The van der Waals surface area contributed by atoms with Gasteiger partial charge in [-0.2, -0.15) is 0 Å². The van der Waals surface area contributed by atoms with Crippen molar-refractivity contribution in [1.29, 1.82) is 0 Å². The summed E-state index contributed by atoms with van der Waals surface area (Å²) in [7, 11) is 0. The van der Waals surface area contributed by atoms with Crippen molar-refractivity contribution in [2.24, 2.45) is 4.99 Å². The molecule has 7 heteroatoms. The summed E-state index contributed by atoms with van der Waals surface area (Å²) < 4.78 is 16.8. The average molecular weight is 381 g/mol. The van der Waals surface area contributed by atoms with Gasteiger partial charge in [-0.05, 0) is 37.1 Å². The fourth-order valence-electron chi connectivity index (χ4n) is 3.12. The number of hydrogen-bond acceptors (Lipinski definition) is 5.